The van der Waals surface area contributed by atoms with Crippen LogP contribution in [0.15, 0.2) is 17.2 Å². The number of nitriles is 1. The summed E-state index contributed by atoms with van der Waals surface area (Å²) in [7, 11) is 3.48. The molecule has 78 valence electrons. The fraction of sp³-hybridized carbons (Fsp3) is 0.200. The average molecular weight is 206 g/mol. The number of benzene rings is 1. The van der Waals surface area contributed by atoms with Gasteiger partial charge in [0.1, 0.15) is 11.6 Å². The minimum atomic E-state index is -0.599. The molecule has 0 atom stereocenters. The van der Waals surface area contributed by atoms with Crippen molar-refractivity contribution in [2.75, 3.05) is 19.0 Å². The average Bonchev–Trinajstić information content (AvgIpc) is 2.20. The number of hydrogen-bond donors (Lipinski definition) is 1. The lowest BCUT2D eigenvalue weighted by Gasteiger charge is -2.14. The molecule has 1 rings (SSSR count). The highest BCUT2D eigenvalue weighted by Crippen LogP contribution is 2.22. The number of nitrogens with zero attached hydrogens (tertiary/aromatic N) is 3. The Morgan fingerprint density at radius 1 is 1.53 bits per heavy atom. The minimum Gasteiger partial charge on any atom is -0.377 e. The second-order valence-corrected chi connectivity index (χ2v) is 3.15. The third-order valence-corrected chi connectivity index (χ3v) is 1.96. The van der Waals surface area contributed by atoms with E-state index >= 15 is 0 Å². The van der Waals surface area contributed by atoms with Crippen LogP contribution < -0.4 is 10.7 Å². The van der Waals surface area contributed by atoms with Crippen molar-refractivity contribution >= 4 is 11.9 Å². The zero-order chi connectivity index (χ0) is 11.4. The number of rotatable bonds is 2. The molecular formula is C10H11FN4. The Hall–Kier alpha value is -2.09. The number of halogens is 1. The van der Waals surface area contributed by atoms with Crippen LogP contribution in [0.3, 0.4) is 0 Å². The van der Waals surface area contributed by atoms with Gasteiger partial charge in [0.25, 0.3) is 0 Å². The van der Waals surface area contributed by atoms with Crippen molar-refractivity contribution in [1.29, 1.82) is 5.26 Å². The maximum Gasteiger partial charge on any atom is 0.151 e. The van der Waals surface area contributed by atoms with Gasteiger partial charge >= 0.3 is 0 Å². The molecule has 0 aliphatic carbocycles. The van der Waals surface area contributed by atoms with Gasteiger partial charge in [0.2, 0.25) is 0 Å². The van der Waals surface area contributed by atoms with Gasteiger partial charge in [-0.15, -0.1) is 0 Å². The van der Waals surface area contributed by atoms with Gasteiger partial charge in [-0.3, -0.25) is 0 Å². The van der Waals surface area contributed by atoms with Crippen LogP contribution >= 0.6 is 0 Å². The van der Waals surface area contributed by atoms with E-state index in [2.05, 4.69) is 5.10 Å². The first-order valence-electron chi connectivity index (χ1n) is 4.25. The van der Waals surface area contributed by atoms with Crippen LogP contribution in [0.25, 0.3) is 0 Å². The molecule has 4 nitrogen and oxygen atoms in total. The summed E-state index contributed by atoms with van der Waals surface area (Å²) >= 11 is 0. The van der Waals surface area contributed by atoms with Crippen LogP contribution in [0, 0.1) is 17.1 Å². The lowest BCUT2D eigenvalue weighted by Crippen LogP contribution is -2.12. The maximum absolute atomic E-state index is 13.7. The molecular weight excluding hydrogens is 195 g/mol. The fourth-order valence-corrected chi connectivity index (χ4v) is 1.24. The Morgan fingerprint density at radius 2 is 2.20 bits per heavy atom. The van der Waals surface area contributed by atoms with E-state index in [4.69, 9.17) is 11.1 Å². The molecule has 0 heterocycles. The second-order valence-electron chi connectivity index (χ2n) is 3.15. The first kappa shape index (κ1) is 11.0. The molecule has 0 amide bonds. The van der Waals surface area contributed by atoms with Gasteiger partial charge in [-0.05, 0) is 12.1 Å². The molecule has 0 saturated carbocycles. The van der Waals surface area contributed by atoms with E-state index in [1.807, 2.05) is 6.07 Å². The summed E-state index contributed by atoms with van der Waals surface area (Å²) in [6.45, 7) is 0. The first-order chi connectivity index (χ1) is 7.11. The Balaban J connectivity index is 3.41. The lowest BCUT2D eigenvalue weighted by molar-refractivity contribution is 0.622. The molecule has 5 heteroatoms. The SMILES string of the molecule is CN(C)c1ccc(C=NN)c(F)c1C#N. The van der Waals surface area contributed by atoms with Gasteiger partial charge < -0.3 is 10.7 Å². The molecule has 15 heavy (non-hydrogen) atoms. The number of anilines is 1. The Kier molecular flexibility index (Phi) is 3.24. The maximum atomic E-state index is 13.7. The van der Waals surface area contributed by atoms with Crippen LogP contribution in [-0.2, 0) is 0 Å². The second kappa shape index (κ2) is 4.42. The molecule has 1 aromatic rings. The number of nitrogens with two attached hydrogens (primary N) is 1. The largest absolute Gasteiger partial charge is 0.377 e. The van der Waals surface area contributed by atoms with Crippen molar-refractivity contribution in [2.45, 2.75) is 0 Å². The van der Waals surface area contributed by atoms with Crippen LogP contribution in [0.4, 0.5) is 10.1 Å². The summed E-state index contributed by atoms with van der Waals surface area (Å²) < 4.78 is 13.7. The van der Waals surface area contributed by atoms with Gasteiger partial charge in [0, 0.05) is 19.7 Å². The zero-order valence-corrected chi connectivity index (χ0v) is 8.53. The summed E-state index contributed by atoms with van der Waals surface area (Å²) in [5, 5.41) is 12.1. The van der Waals surface area contributed by atoms with Gasteiger partial charge in [-0.25, -0.2) is 4.39 Å². The lowest BCUT2D eigenvalue weighted by atomic mass is 10.1. The van der Waals surface area contributed by atoms with Crippen LogP contribution in [-0.4, -0.2) is 20.3 Å². The van der Waals surface area contributed by atoms with Crippen molar-refractivity contribution in [3.05, 3.63) is 29.1 Å². The molecule has 0 fully saturated rings. The Labute approximate surface area is 87.4 Å². The molecule has 0 aromatic heterocycles. The van der Waals surface area contributed by atoms with E-state index in [9.17, 15) is 4.39 Å². The molecule has 0 aliphatic heterocycles. The normalized spacial score (nSPS) is 10.3. The molecule has 0 aliphatic rings. The van der Waals surface area contributed by atoms with Crippen molar-refractivity contribution in [2.24, 2.45) is 10.9 Å². The predicted octanol–water partition coefficient (Wildman–Crippen LogP) is 1.06. The van der Waals surface area contributed by atoms with Gasteiger partial charge in [0.05, 0.1) is 11.9 Å². The van der Waals surface area contributed by atoms with E-state index in [0.717, 1.165) is 0 Å². The molecule has 0 unspecified atom stereocenters. The zero-order valence-electron chi connectivity index (χ0n) is 8.53. The molecule has 0 bridgehead atoms. The molecule has 0 radical (unpaired) electrons. The number of hydrogen-bond acceptors (Lipinski definition) is 4. The molecule has 0 saturated heterocycles. The van der Waals surface area contributed by atoms with Crippen molar-refractivity contribution in [3.8, 4) is 6.07 Å². The third kappa shape index (κ3) is 2.05. The molecule has 1 aromatic carbocycles. The Bertz CT molecular complexity index is 432. The third-order valence-electron chi connectivity index (χ3n) is 1.96. The summed E-state index contributed by atoms with van der Waals surface area (Å²) in [5.41, 5.74) is 0.737. The van der Waals surface area contributed by atoms with E-state index in [1.54, 1.807) is 25.1 Å². The van der Waals surface area contributed by atoms with Gasteiger partial charge in [-0.2, -0.15) is 10.4 Å². The van der Waals surface area contributed by atoms with Crippen LogP contribution in [0.5, 0.6) is 0 Å². The van der Waals surface area contributed by atoms with E-state index in [1.165, 1.54) is 12.3 Å². The summed E-state index contributed by atoms with van der Waals surface area (Å²) in [5.74, 6) is 4.33. The van der Waals surface area contributed by atoms with E-state index < -0.39 is 5.82 Å². The predicted molar refractivity (Wildman–Crippen MR) is 57.2 cm³/mol. The highest BCUT2D eigenvalue weighted by molar-refractivity contribution is 5.82. The highest BCUT2D eigenvalue weighted by Gasteiger charge is 2.13. The standard InChI is InChI=1S/C10H11FN4/c1-15(2)9-4-3-7(6-14-13)10(11)8(9)5-12/h3-4,6H,13H2,1-2H3. The Morgan fingerprint density at radius 3 is 2.67 bits per heavy atom. The monoisotopic (exact) mass is 206 g/mol. The van der Waals surface area contributed by atoms with Gasteiger partial charge in [0.15, 0.2) is 5.82 Å². The van der Waals surface area contributed by atoms with E-state index in [-0.39, 0.29) is 11.1 Å². The smallest absolute Gasteiger partial charge is 0.151 e. The highest BCUT2D eigenvalue weighted by atomic mass is 19.1. The topological polar surface area (TPSA) is 65.4 Å². The van der Waals surface area contributed by atoms with Crippen molar-refractivity contribution in [3.63, 3.8) is 0 Å². The summed E-state index contributed by atoms with van der Waals surface area (Å²) in [6.07, 6.45) is 1.18. The fourth-order valence-electron chi connectivity index (χ4n) is 1.24. The van der Waals surface area contributed by atoms with Crippen LogP contribution in [0.2, 0.25) is 0 Å². The summed E-state index contributed by atoms with van der Waals surface area (Å²) in [4.78, 5) is 1.67. The minimum absolute atomic E-state index is 0.00241. The summed E-state index contributed by atoms with van der Waals surface area (Å²) in [6, 6.07) is 5.01. The van der Waals surface area contributed by atoms with Crippen molar-refractivity contribution in [1.82, 2.24) is 0 Å². The van der Waals surface area contributed by atoms with Crippen molar-refractivity contribution < 1.29 is 4.39 Å². The van der Waals surface area contributed by atoms with E-state index in [0.29, 0.717) is 5.69 Å². The number of hydrazone groups is 1. The quantitative estimate of drug-likeness (QED) is 0.447. The first-order valence-corrected chi connectivity index (χ1v) is 4.25. The van der Waals surface area contributed by atoms with Gasteiger partial charge in [-0.1, -0.05) is 0 Å². The van der Waals surface area contributed by atoms with Crippen LogP contribution in [0.1, 0.15) is 11.1 Å². The molecule has 0 spiro atoms. The molecule has 2 N–H and O–H groups in total.